The summed E-state index contributed by atoms with van der Waals surface area (Å²) in [6.45, 7) is 4.18. The van der Waals surface area contributed by atoms with E-state index in [4.69, 9.17) is 0 Å². The van der Waals surface area contributed by atoms with E-state index in [2.05, 4.69) is 43.5 Å². The van der Waals surface area contributed by atoms with Crippen LogP contribution in [0.4, 0.5) is 0 Å². The molecule has 0 radical (unpaired) electrons. The van der Waals surface area contributed by atoms with Gasteiger partial charge in [0.05, 0.1) is 31.3 Å². The number of hydrogen-bond donors (Lipinski definition) is 4. The maximum absolute atomic E-state index is 12.4. The van der Waals surface area contributed by atoms with Crippen molar-refractivity contribution in [1.82, 2.24) is 5.32 Å². The van der Waals surface area contributed by atoms with Gasteiger partial charge in [-0.15, -0.1) is 0 Å². The first-order chi connectivity index (χ1) is 24.0. The number of aliphatic hydroxyl groups excluding tert-OH is 3. The third-order valence-corrected chi connectivity index (χ3v) is 9.67. The van der Waals surface area contributed by atoms with Crippen molar-refractivity contribution < 1.29 is 20.1 Å². The van der Waals surface area contributed by atoms with E-state index in [1.807, 2.05) is 6.08 Å². The molecule has 0 saturated carbocycles. The lowest BCUT2D eigenvalue weighted by atomic mass is 10.0. The van der Waals surface area contributed by atoms with E-state index in [0.717, 1.165) is 44.9 Å². The maximum Gasteiger partial charge on any atom is 0.222 e. The summed E-state index contributed by atoms with van der Waals surface area (Å²) in [6, 6.07) is -0.748. The number of allylic oxidation sites excluding steroid dienone is 5. The number of carbonyl (C=O) groups excluding carboxylic acids is 1. The summed E-state index contributed by atoms with van der Waals surface area (Å²) in [5.74, 6) is -0.324. The fourth-order valence-electron chi connectivity index (χ4n) is 6.37. The Hall–Kier alpha value is -1.43. The van der Waals surface area contributed by atoms with Crippen molar-refractivity contribution in [2.45, 2.75) is 231 Å². The van der Waals surface area contributed by atoms with E-state index in [1.54, 1.807) is 6.08 Å². The van der Waals surface area contributed by atoms with Crippen LogP contribution in [0.2, 0.25) is 0 Å². The van der Waals surface area contributed by atoms with Crippen LogP contribution in [0, 0.1) is 0 Å². The standard InChI is InChI=1S/C44H83NO4/c1-3-5-7-9-11-13-15-17-19-20-21-22-24-26-28-30-32-34-36-38-43(48)42(40-46)45-44(49)39-41(47)37-35-33-31-29-27-25-23-18-16-14-12-10-8-6-4-2/h12,14,18,23,36,38,41-43,46-48H,3-11,13,15-17,19-22,24-35,37,39-40H2,1-2H3,(H,45,49)/b14-12-,23-18-,38-36+. The van der Waals surface area contributed by atoms with Gasteiger partial charge in [-0.3, -0.25) is 4.79 Å². The summed E-state index contributed by atoms with van der Waals surface area (Å²) in [6.07, 6.45) is 48.5. The lowest BCUT2D eigenvalue weighted by Gasteiger charge is -2.21. The number of unbranched alkanes of at least 4 members (excludes halogenated alkanes) is 25. The highest BCUT2D eigenvalue weighted by Crippen LogP contribution is 2.15. The number of amides is 1. The second kappa shape index (κ2) is 39.4. The van der Waals surface area contributed by atoms with Crippen molar-refractivity contribution in [2.24, 2.45) is 0 Å². The molecular weight excluding hydrogens is 606 g/mol. The van der Waals surface area contributed by atoms with Crippen LogP contribution in [0.5, 0.6) is 0 Å². The van der Waals surface area contributed by atoms with Gasteiger partial charge in [-0.25, -0.2) is 0 Å². The van der Waals surface area contributed by atoms with Crippen molar-refractivity contribution >= 4 is 5.91 Å². The van der Waals surface area contributed by atoms with Crippen molar-refractivity contribution in [1.29, 1.82) is 0 Å². The van der Waals surface area contributed by atoms with E-state index in [9.17, 15) is 20.1 Å². The lowest BCUT2D eigenvalue weighted by Crippen LogP contribution is -2.45. The van der Waals surface area contributed by atoms with Crippen LogP contribution in [0.15, 0.2) is 36.5 Å². The van der Waals surface area contributed by atoms with Crippen molar-refractivity contribution in [3.8, 4) is 0 Å². The summed E-state index contributed by atoms with van der Waals surface area (Å²) in [7, 11) is 0. The van der Waals surface area contributed by atoms with Gasteiger partial charge in [0, 0.05) is 0 Å². The van der Waals surface area contributed by atoms with E-state index in [1.165, 1.54) is 141 Å². The molecule has 0 saturated heterocycles. The number of nitrogens with one attached hydrogen (secondary N) is 1. The van der Waals surface area contributed by atoms with E-state index in [0.29, 0.717) is 6.42 Å². The van der Waals surface area contributed by atoms with Crippen molar-refractivity contribution in [3.63, 3.8) is 0 Å². The average molecular weight is 690 g/mol. The van der Waals surface area contributed by atoms with Crippen molar-refractivity contribution in [3.05, 3.63) is 36.5 Å². The number of rotatable bonds is 38. The minimum Gasteiger partial charge on any atom is -0.394 e. The van der Waals surface area contributed by atoms with Crippen LogP contribution in [0.25, 0.3) is 0 Å². The largest absolute Gasteiger partial charge is 0.394 e. The van der Waals surface area contributed by atoms with Gasteiger partial charge in [0.1, 0.15) is 0 Å². The average Bonchev–Trinajstić information content (AvgIpc) is 3.09. The summed E-state index contributed by atoms with van der Waals surface area (Å²) in [4.78, 5) is 12.4. The molecule has 0 heterocycles. The molecule has 0 aliphatic heterocycles. The molecule has 3 atom stereocenters. The monoisotopic (exact) mass is 690 g/mol. The second-order valence-electron chi connectivity index (χ2n) is 14.6. The second-order valence-corrected chi connectivity index (χ2v) is 14.6. The minimum absolute atomic E-state index is 0.00400. The molecule has 0 fully saturated rings. The van der Waals surface area contributed by atoms with E-state index >= 15 is 0 Å². The van der Waals surface area contributed by atoms with Gasteiger partial charge in [0.2, 0.25) is 5.91 Å². The summed E-state index contributed by atoms with van der Waals surface area (Å²) in [5.41, 5.74) is 0. The predicted octanol–water partition coefficient (Wildman–Crippen LogP) is 12.0. The van der Waals surface area contributed by atoms with Crippen LogP contribution in [-0.2, 0) is 4.79 Å². The Balaban J connectivity index is 3.70. The Morgan fingerprint density at radius 1 is 0.531 bits per heavy atom. The molecule has 0 spiro atoms. The third-order valence-electron chi connectivity index (χ3n) is 9.67. The van der Waals surface area contributed by atoms with Gasteiger partial charge >= 0.3 is 0 Å². The highest BCUT2D eigenvalue weighted by Gasteiger charge is 2.20. The molecule has 0 aromatic heterocycles. The van der Waals surface area contributed by atoms with Crippen LogP contribution in [0.3, 0.4) is 0 Å². The first kappa shape index (κ1) is 47.6. The molecule has 5 heteroatoms. The molecule has 49 heavy (non-hydrogen) atoms. The van der Waals surface area contributed by atoms with Gasteiger partial charge in [-0.1, -0.05) is 192 Å². The molecule has 288 valence electrons. The molecule has 0 aromatic carbocycles. The molecule has 0 aliphatic carbocycles. The highest BCUT2D eigenvalue weighted by molar-refractivity contribution is 5.76. The zero-order chi connectivity index (χ0) is 35.9. The fraction of sp³-hybridized carbons (Fsp3) is 0.841. The Bertz CT molecular complexity index is 764. The maximum atomic E-state index is 12.4. The Morgan fingerprint density at radius 3 is 1.39 bits per heavy atom. The van der Waals surface area contributed by atoms with Crippen molar-refractivity contribution in [2.75, 3.05) is 6.61 Å². The Kier molecular flexibility index (Phi) is 38.2. The van der Waals surface area contributed by atoms with Gasteiger partial charge in [0.25, 0.3) is 0 Å². The number of hydrogen-bond acceptors (Lipinski definition) is 4. The van der Waals surface area contributed by atoms with Gasteiger partial charge in [-0.05, 0) is 51.4 Å². The Morgan fingerprint density at radius 2 is 0.918 bits per heavy atom. The molecule has 3 unspecified atom stereocenters. The SMILES string of the molecule is CCCCC/C=C\C/C=C\CCCCCCCC(O)CC(=O)NC(CO)C(O)/C=C/CCCCCCCCCCCCCCCCCCC. The predicted molar refractivity (Wildman–Crippen MR) is 213 cm³/mol. The highest BCUT2D eigenvalue weighted by atomic mass is 16.3. The van der Waals surface area contributed by atoms with Gasteiger partial charge in [0.15, 0.2) is 0 Å². The van der Waals surface area contributed by atoms with Crippen LogP contribution in [-0.4, -0.2) is 46.1 Å². The normalized spacial score (nSPS) is 14.0. The first-order valence-electron chi connectivity index (χ1n) is 21.3. The summed E-state index contributed by atoms with van der Waals surface area (Å²) >= 11 is 0. The van der Waals surface area contributed by atoms with Gasteiger partial charge < -0.3 is 20.6 Å². The Labute approximate surface area is 304 Å². The van der Waals surface area contributed by atoms with Crippen LogP contribution >= 0.6 is 0 Å². The molecule has 1 amide bonds. The molecule has 4 N–H and O–H groups in total. The van der Waals surface area contributed by atoms with Crippen LogP contribution < -0.4 is 5.32 Å². The molecule has 5 nitrogen and oxygen atoms in total. The molecule has 0 aliphatic rings. The third kappa shape index (κ3) is 36.2. The topological polar surface area (TPSA) is 89.8 Å². The smallest absolute Gasteiger partial charge is 0.222 e. The molecule has 0 bridgehead atoms. The van der Waals surface area contributed by atoms with E-state index in [-0.39, 0.29) is 18.9 Å². The fourth-order valence-corrected chi connectivity index (χ4v) is 6.37. The molecule has 0 aromatic rings. The van der Waals surface area contributed by atoms with E-state index < -0.39 is 18.2 Å². The number of carbonyl (C=O) groups is 1. The quantitative estimate of drug-likeness (QED) is 0.0384. The minimum atomic E-state index is -0.932. The van der Waals surface area contributed by atoms with Gasteiger partial charge in [-0.2, -0.15) is 0 Å². The van der Waals surface area contributed by atoms with Crippen LogP contribution in [0.1, 0.15) is 213 Å². The zero-order valence-electron chi connectivity index (χ0n) is 32.6. The number of aliphatic hydroxyl groups is 3. The zero-order valence-corrected chi connectivity index (χ0v) is 32.6. The molecular formula is C44H83NO4. The molecule has 0 rings (SSSR count). The lowest BCUT2D eigenvalue weighted by molar-refractivity contribution is -0.124. The summed E-state index contributed by atoms with van der Waals surface area (Å²) < 4.78 is 0. The summed E-state index contributed by atoms with van der Waals surface area (Å²) in [5, 5.41) is 33.2. The first-order valence-corrected chi connectivity index (χ1v) is 21.3.